The summed E-state index contributed by atoms with van der Waals surface area (Å²) in [5.41, 5.74) is 8.70. The van der Waals surface area contributed by atoms with Crippen LogP contribution in [0.2, 0.25) is 0 Å². The van der Waals surface area contributed by atoms with E-state index in [4.69, 9.17) is 4.74 Å². The number of nitrogens with one attached hydrogen (secondary N) is 2. The molecule has 1 aliphatic carbocycles. The number of hydrogen-bond donors (Lipinski definition) is 2. The fraction of sp³-hybridized carbons (Fsp3) is 0.304. The number of amides is 2. The molecule has 0 aliphatic heterocycles. The van der Waals surface area contributed by atoms with E-state index in [0.717, 1.165) is 39.8 Å². The largest absolute Gasteiger partial charge is 0.481 e. The lowest BCUT2D eigenvalue weighted by molar-refractivity contribution is -0.128. The van der Waals surface area contributed by atoms with Gasteiger partial charge in [0.2, 0.25) is 0 Å². The third-order valence-electron chi connectivity index (χ3n) is 5.48. The Bertz CT molecular complexity index is 1150. The molecule has 1 aliphatic rings. The van der Waals surface area contributed by atoms with Crippen molar-refractivity contribution in [3.05, 3.63) is 69.5 Å². The zero-order valence-corrected chi connectivity index (χ0v) is 19.6. The number of ether oxygens (including phenoxy) is 1. The molecule has 1 saturated carbocycles. The number of nitrogens with zero attached hydrogens (tertiary/aromatic N) is 3. The SMILES string of the molecule is Cc1cccc(OC(C)C(=O)NNC(=O)c2nnn(-c3ccc(Br)cc3)c2C2CC2)c1C. The lowest BCUT2D eigenvalue weighted by Gasteiger charge is -2.17. The molecule has 9 heteroatoms. The van der Waals surface area contributed by atoms with Gasteiger partial charge in [-0.1, -0.05) is 33.3 Å². The number of carbonyl (C=O) groups is 2. The van der Waals surface area contributed by atoms with Crippen LogP contribution in [0.4, 0.5) is 0 Å². The molecule has 32 heavy (non-hydrogen) atoms. The summed E-state index contributed by atoms with van der Waals surface area (Å²) in [6, 6.07) is 13.3. The summed E-state index contributed by atoms with van der Waals surface area (Å²) in [4.78, 5) is 25.3. The molecule has 3 aromatic rings. The zero-order valence-electron chi connectivity index (χ0n) is 18.1. The van der Waals surface area contributed by atoms with Crippen molar-refractivity contribution in [3.8, 4) is 11.4 Å². The summed E-state index contributed by atoms with van der Waals surface area (Å²) in [5, 5.41) is 8.28. The lowest BCUT2D eigenvalue weighted by atomic mass is 10.1. The standard InChI is InChI=1S/C23H24BrN5O3/c1-13-5-4-6-19(14(13)2)32-15(3)22(30)26-27-23(31)20-21(16-7-8-16)29(28-25-20)18-11-9-17(24)10-12-18/h4-6,9-12,15-16H,7-8H2,1-3H3,(H,26,30)(H,27,31). The van der Waals surface area contributed by atoms with Crippen LogP contribution in [-0.2, 0) is 4.79 Å². The first-order chi connectivity index (χ1) is 15.3. The van der Waals surface area contributed by atoms with Crippen molar-refractivity contribution >= 4 is 27.7 Å². The van der Waals surface area contributed by atoms with Crippen LogP contribution in [0.25, 0.3) is 5.69 Å². The topological polar surface area (TPSA) is 98.1 Å². The van der Waals surface area contributed by atoms with E-state index in [-0.39, 0.29) is 11.6 Å². The second-order valence-corrected chi connectivity index (χ2v) is 8.80. The van der Waals surface area contributed by atoms with E-state index in [9.17, 15) is 9.59 Å². The average Bonchev–Trinajstić information content (AvgIpc) is 3.53. The van der Waals surface area contributed by atoms with Crippen molar-refractivity contribution in [2.24, 2.45) is 0 Å². The van der Waals surface area contributed by atoms with Gasteiger partial charge in [0.05, 0.1) is 11.4 Å². The van der Waals surface area contributed by atoms with Crippen molar-refractivity contribution in [2.75, 3.05) is 0 Å². The first kappa shape index (κ1) is 22.0. The molecule has 2 aromatic carbocycles. The highest BCUT2D eigenvalue weighted by Crippen LogP contribution is 2.42. The van der Waals surface area contributed by atoms with Gasteiger partial charge in [-0.25, -0.2) is 4.68 Å². The number of halogens is 1. The molecule has 1 unspecified atom stereocenters. The van der Waals surface area contributed by atoms with Gasteiger partial charge in [-0.15, -0.1) is 5.10 Å². The molecule has 0 radical (unpaired) electrons. The quantitative estimate of drug-likeness (QED) is 0.505. The molecule has 4 rings (SSSR count). The van der Waals surface area contributed by atoms with Crippen molar-refractivity contribution < 1.29 is 14.3 Å². The Kier molecular flexibility index (Phi) is 6.27. The van der Waals surface area contributed by atoms with Gasteiger partial charge >= 0.3 is 0 Å². The second kappa shape index (κ2) is 9.12. The molecule has 1 heterocycles. The first-order valence-electron chi connectivity index (χ1n) is 10.4. The maximum absolute atomic E-state index is 12.8. The third kappa shape index (κ3) is 4.67. The number of aryl methyl sites for hydroxylation is 1. The molecular weight excluding hydrogens is 474 g/mol. The second-order valence-electron chi connectivity index (χ2n) is 7.89. The average molecular weight is 498 g/mol. The van der Waals surface area contributed by atoms with Gasteiger partial charge in [0.15, 0.2) is 11.8 Å². The summed E-state index contributed by atoms with van der Waals surface area (Å²) in [7, 11) is 0. The monoisotopic (exact) mass is 497 g/mol. The van der Waals surface area contributed by atoms with Crippen LogP contribution in [0.15, 0.2) is 46.9 Å². The Balaban J connectivity index is 1.43. The Labute approximate surface area is 194 Å². The number of hydrogen-bond acceptors (Lipinski definition) is 5. The molecule has 0 saturated heterocycles. The smallest absolute Gasteiger partial charge is 0.292 e. The van der Waals surface area contributed by atoms with E-state index in [0.29, 0.717) is 5.75 Å². The van der Waals surface area contributed by atoms with Gasteiger partial charge in [-0.05, 0) is 75.1 Å². The number of rotatable bonds is 6. The maximum Gasteiger partial charge on any atom is 0.292 e. The summed E-state index contributed by atoms with van der Waals surface area (Å²) in [5.74, 6) is -0.126. The predicted octanol–water partition coefficient (Wildman–Crippen LogP) is 3.75. The van der Waals surface area contributed by atoms with Crippen LogP contribution in [-0.4, -0.2) is 32.9 Å². The highest BCUT2D eigenvalue weighted by atomic mass is 79.9. The Morgan fingerprint density at radius 2 is 1.84 bits per heavy atom. The fourth-order valence-electron chi connectivity index (χ4n) is 3.32. The Morgan fingerprint density at radius 3 is 2.53 bits per heavy atom. The predicted molar refractivity (Wildman–Crippen MR) is 123 cm³/mol. The van der Waals surface area contributed by atoms with Crippen LogP contribution in [0.3, 0.4) is 0 Å². The third-order valence-corrected chi connectivity index (χ3v) is 6.01. The lowest BCUT2D eigenvalue weighted by Crippen LogP contribution is -2.47. The molecular formula is C23H24BrN5O3. The molecule has 8 nitrogen and oxygen atoms in total. The van der Waals surface area contributed by atoms with Crippen LogP contribution in [0.1, 0.15) is 53.0 Å². The van der Waals surface area contributed by atoms with Gasteiger partial charge in [0, 0.05) is 10.4 Å². The van der Waals surface area contributed by atoms with E-state index in [2.05, 4.69) is 37.1 Å². The molecule has 1 aromatic heterocycles. The number of benzene rings is 2. The summed E-state index contributed by atoms with van der Waals surface area (Å²) < 4.78 is 8.41. The number of carbonyl (C=O) groups excluding carboxylic acids is 2. The molecule has 1 atom stereocenters. The van der Waals surface area contributed by atoms with E-state index in [1.807, 2.05) is 56.3 Å². The minimum atomic E-state index is -0.794. The summed E-state index contributed by atoms with van der Waals surface area (Å²) in [6.07, 6.45) is 1.14. The van der Waals surface area contributed by atoms with Gasteiger partial charge in [0.1, 0.15) is 5.75 Å². The molecule has 2 amide bonds. The number of aromatic nitrogens is 3. The first-order valence-corrected chi connectivity index (χ1v) is 11.2. The van der Waals surface area contributed by atoms with Crippen molar-refractivity contribution in [1.82, 2.24) is 25.8 Å². The molecule has 2 N–H and O–H groups in total. The van der Waals surface area contributed by atoms with Gasteiger partial charge in [-0.2, -0.15) is 0 Å². The fourth-order valence-corrected chi connectivity index (χ4v) is 3.59. The van der Waals surface area contributed by atoms with Crippen molar-refractivity contribution in [2.45, 2.75) is 45.6 Å². The highest BCUT2D eigenvalue weighted by molar-refractivity contribution is 9.10. The van der Waals surface area contributed by atoms with Crippen LogP contribution in [0.5, 0.6) is 5.75 Å². The van der Waals surface area contributed by atoms with Gasteiger partial charge in [0.25, 0.3) is 11.8 Å². The van der Waals surface area contributed by atoms with E-state index in [1.165, 1.54) is 0 Å². The van der Waals surface area contributed by atoms with Crippen LogP contribution >= 0.6 is 15.9 Å². The van der Waals surface area contributed by atoms with Gasteiger partial charge < -0.3 is 4.74 Å². The maximum atomic E-state index is 12.8. The molecule has 0 spiro atoms. The van der Waals surface area contributed by atoms with E-state index < -0.39 is 17.9 Å². The highest BCUT2D eigenvalue weighted by Gasteiger charge is 2.34. The summed E-state index contributed by atoms with van der Waals surface area (Å²) >= 11 is 3.42. The van der Waals surface area contributed by atoms with Gasteiger partial charge in [-0.3, -0.25) is 20.4 Å². The normalized spacial score (nSPS) is 14.0. The van der Waals surface area contributed by atoms with Crippen LogP contribution < -0.4 is 15.6 Å². The van der Waals surface area contributed by atoms with Crippen molar-refractivity contribution in [3.63, 3.8) is 0 Å². The summed E-state index contributed by atoms with van der Waals surface area (Å²) in [6.45, 7) is 5.54. The Morgan fingerprint density at radius 1 is 1.12 bits per heavy atom. The van der Waals surface area contributed by atoms with Crippen LogP contribution in [0, 0.1) is 13.8 Å². The Hall–Kier alpha value is -3.20. The minimum Gasteiger partial charge on any atom is -0.481 e. The molecule has 0 bridgehead atoms. The van der Waals surface area contributed by atoms with E-state index in [1.54, 1.807) is 11.6 Å². The molecule has 166 valence electrons. The van der Waals surface area contributed by atoms with Crippen molar-refractivity contribution in [1.29, 1.82) is 0 Å². The zero-order chi connectivity index (χ0) is 22.8. The van der Waals surface area contributed by atoms with E-state index >= 15 is 0 Å². The minimum absolute atomic E-state index is 0.207. The molecule has 1 fully saturated rings. The number of hydrazine groups is 1.